The van der Waals surface area contributed by atoms with Crippen molar-refractivity contribution in [2.24, 2.45) is 11.8 Å². The van der Waals surface area contributed by atoms with Crippen LogP contribution < -0.4 is 0 Å². The molecule has 2 aromatic rings. The Hall–Kier alpha value is -2.40. The summed E-state index contributed by atoms with van der Waals surface area (Å²) in [7, 11) is 0. The standard InChI is InChI=1S/C22H22ClFN2O2/c1-13-8-9-18(24)19(20(13)23)22(28)25-10-16-11-26(14(2)27)21(17(16)12-25)15-6-4-3-5-7-15/h3-9,16-17,21H,10-12H2,1-2H3/t16-,17-,21+/m1/s1. The topological polar surface area (TPSA) is 40.6 Å². The van der Waals surface area contributed by atoms with E-state index in [0.29, 0.717) is 25.2 Å². The van der Waals surface area contributed by atoms with Crippen LogP contribution >= 0.6 is 11.6 Å². The number of amides is 2. The van der Waals surface area contributed by atoms with Gasteiger partial charge in [-0.1, -0.05) is 48.0 Å². The highest BCUT2D eigenvalue weighted by Crippen LogP contribution is 2.45. The molecule has 0 saturated carbocycles. The monoisotopic (exact) mass is 400 g/mol. The Kier molecular flexibility index (Phi) is 4.88. The molecule has 2 amide bonds. The molecule has 2 fully saturated rings. The predicted octanol–water partition coefficient (Wildman–Crippen LogP) is 4.08. The summed E-state index contributed by atoms with van der Waals surface area (Å²) in [6, 6.07) is 12.7. The lowest BCUT2D eigenvalue weighted by Gasteiger charge is -2.29. The van der Waals surface area contributed by atoms with Gasteiger partial charge < -0.3 is 9.80 Å². The van der Waals surface area contributed by atoms with E-state index >= 15 is 0 Å². The van der Waals surface area contributed by atoms with Crippen molar-refractivity contribution in [1.29, 1.82) is 0 Å². The molecule has 0 radical (unpaired) electrons. The van der Waals surface area contributed by atoms with Crippen molar-refractivity contribution in [3.05, 3.63) is 70.0 Å². The molecule has 0 aromatic heterocycles. The molecule has 3 atom stereocenters. The fraction of sp³-hybridized carbons (Fsp3) is 0.364. The SMILES string of the molecule is CC(=O)N1C[C@H]2CN(C(=O)c3c(F)ccc(C)c3Cl)C[C@H]2[C@@H]1c1ccccc1. The summed E-state index contributed by atoms with van der Waals surface area (Å²) in [6.45, 7) is 4.93. The summed E-state index contributed by atoms with van der Waals surface area (Å²) in [5, 5.41) is 0.173. The number of hydrogen-bond acceptors (Lipinski definition) is 2. The second kappa shape index (κ2) is 7.21. The Morgan fingerprint density at radius 2 is 1.79 bits per heavy atom. The van der Waals surface area contributed by atoms with Crippen LogP contribution in [0, 0.1) is 24.6 Å². The van der Waals surface area contributed by atoms with Gasteiger partial charge in [0, 0.05) is 38.4 Å². The molecule has 2 saturated heterocycles. The van der Waals surface area contributed by atoms with Crippen LogP contribution in [0.2, 0.25) is 5.02 Å². The molecule has 2 aliphatic rings. The van der Waals surface area contributed by atoms with Crippen molar-refractivity contribution in [3.63, 3.8) is 0 Å². The van der Waals surface area contributed by atoms with Gasteiger partial charge in [0.25, 0.3) is 5.91 Å². The van der Waals surface area contributed by atoms with E-state index in [2.05, 4.69) is 0 Å². The first-order valence-corrected chi connectivity index (χ1v) is 9.82. The summed E-state index contributed by atoms with van der Waals surface area (Å²) >= 11 is 6.24. The normalized spacial score (nSPS) is 23.8. The maximum absolute atomic E-state index is 14.3. The Bertz CT molecular complexity index is 934. The van der Waals surface area contributed by atoms with E-state index in [1.165, 1.54) is 6.07 Å². The highest BCUT2D eigenvalue weighted by atomic mass is 35.5. The molecule has 0 unspecified atom stereocenters. The molecule has 2 aromatic carbocycles. The van der Waals surface area contributed by atoms with Crippen molar-refractivity contribution in [3.8, 4) is 0 Å². The highest BCUT2D eigenvalue weighted by molar-refractivity contribution is 6.34. The summed E-state index contributed by atoms with van der Waals surface area (Å²) in [6.07, 6.45) is 0. The van der Waals surface area contributed by atoms with Crippen molar-refractivity contribution in [1.82, 2.24) is 9.80 Å². The number of carbonyl (C=O) groups excluding carboxylic acids is 2. The van der Waals surface area contributed by atoms with E-state index in [0.717, 1.165) is 5.56 Å². The molecule has 28 heavy (non-hydrogen) atoms. The summed E-state index contributed by atoms with van der Waals surface area (Å²) in [5.74, 6) is -0.634. The molecular weight excluding hydrogens is 379 g/mol. The molecule has 0 spiro atoms. The van der Waals surface area contributed by atoms with Gasteiger partial charge in [0.15, 0.2) is 0 Å². The van der Waals surface area contributed by atoms with Gasteiger partial charge in [0.2, 0.25) is 5.91 Å². The third-order valence-electron chi connectivity index (χ3n) is 5.99. The smallest absolute Gasteiger partial charge is 0.258 e. The summed E-state index contributed by atoms with van der Waals surface area (Å²) in [5.41, 5.74) is 1.69. The molecule has 146 valence electrons. The van der Waals surface area contributed by atoms with Crippen LogP contribution in [-0.2, 0) is 4.79 Å². The number of rotatable bonds is 2. The molecule has 6 heteroatoms. The van der Waals surface area contributed by atoms with Crippen LogP contribution in [0.5, 0.6) is 0 Å². The maximum atomic E-state index is 14.3. The fourth-order valence-corrected chi connectivity index (χ4v) is 4.86. The van der Waals surface area contributed by atoms with Crippen molar-refractivity contribution < 1.29 is 14.0 Å². The zero-order valence-corrected chi connectivity index (χ0v) is 16.6. The van der Waals surface area contributed by atoms with Crippen LogP contribution in [0.4, 0.5) is 4.39 Å². The van der Waals surface area contributed by atoms with Crippen LogP contribution in [0.15, 0.2) is 42.5 Å². The van der Waals surface area contributed by atoms with Crippen LogP contribution in [0.1, 0.15) is 34.5 Å². The number of halogens is 2. The lowest BCUT2D eigenvalue weighted by molar-refractivity contribution is -0.130. The number of nitrogens with zero attached hydrogens (tertiary/aromatic N) is 2. The third kappa shape index (κ3) is 3.08. The average Bonchev–Trinajstić information content (AvgIpc) is 3.23. The Balaban J connectivity index is 1.63. The molecule has 0 N–H and O–H groups in total. The molecule has 4 nitrogen and oxygen atoms in total. The number of likely N-dealkylation sites (tertiary alicyclic amines) is 2. The molecule has 2 heterocycles. The second-order valence-electron chi connectivity index (χ2n) is 7.71. The van der Waals surface area contributed by atoms with Crippen LogP contribution in [0.25, 0.3) is 0 Å². The van der Waals surface area contributed by atoms with Crippen LogP contribution in [-0.4, -0.2) is 41.2 Å². The van der Waals surface area contributed by atoms with Gasteiger partial charge in [-0.25, -0.2) is 4.39 Å². The molecule has 0 aliphatic carbocycles. The van der Waals surface area contributed by atoms with Gasteiger partial charge in [-0.3, -0.25) is 9.59 Å². The quantitative estimate of drug-likeness (QED) is 0.762. The minimum Gasteiger partial charge on any atom is -0.338 e. The highest BCUT2D eigenvalue weighted by Gasteiger charge is 2.49. The fourth-order valence-electron chi connectivity index (χ4n) is 4.62. The van der Waals surface area contributed by atoms with Crippen molar-refractivity contribution in [2.75, 3.05) is 19.6 Å². The first-order chi connectivity index (χ1) is 13.4. The molecule has 4 rings (SSSR count). The maximum Gasteiger partial charge on any atom is 0.258 e. The molecule has 0 bridgehead atoms. The van der Waals surface area contributed by atoms with Gasteiger partial charge in [-0.2, -0.15) is 0 Å². The minimum atomic E-state index is -0.595. The van der Waals surface area contributed by atoms with Gasteiger partial charge in [-0.15, -0.1) is 0 Å². The Morgan fingerprint density at radius 1 is 1.07 bits per heavy atom. The van der Waals surface area contributed by atoms with Gasteiger partial charge >= 0.3 is 0 Å². The van der Waals surface area contributed by atoms with E-state index < -0.39 is 5.82 Å². The second-order valence-corrected chi connectivity index (χ2v) is 8.09. The van der Waals surface area contributed by atoms with Crippen molar-refractivity contribution in [2.45, 2.75) is 19.9 Å². The average molecular weight is 401 g/mol. The minimum absolute atomic E-state index is 0.0360. The number of fused-ring (bicyclic) bond motifs is 1. The van der Waals surface area contributed by atoms with E-state index in [1.807, 2.05) is 35.2 Å². The number of carbonyl (C=O) groups is 2. The third-order valence-corrected chi connectivity index (χ3v) is 6.48. The molecule has 2 aliphatic heterocycles. The zero-order chi connectivity index (χ0) is 20.0. The van der Waals surface area contributed by atoms with Crippen molar-refractivity contribution >= 4 is 23.4 Å². The number of benzene rings is 2. The first kappa shape index (κ1) is 18.9. The lowest BCUT2D eigenvalue weighted by atomic mass is 9.89. The first-order valence-electron chi connectivity index (χ1n) is 9.44. The van der Waals surface area contributed by atoms with Gasteiger partial charge in [-0.05, 0) is 24.1 Å². The van der Waals surface area contributed by atoms with Gasteiger partial charge in [0.05, 0.1) is 16.6 Å². The van der Waals surface area contributed by atoms with Gasteiger partial charge in [0.1, 0.15) is 5.82 Å². The Labute approximate surface area is 168 Å². The molecular formula is C22H22ClFN2O2. The van der Waals surface area contributed by atoms with Crippen LogP contribution in [0.3, 0.4) is 0 Å². The van der Waals surface area contributed by atoms with E-state index in [4.69, 9.17) is 11.6 Å². The zero-order valence-electron chi connectivity index (χ0n) is 15.9. The van der Waals surface area contributed by atoms with E-state index in [-0.39, 0.29) is 40.3 Å². The van der Waals surface area contributed by atoms with E-state index in [9.17, 15) is 14.0 Å². The summed E-state index contributed by atoms with van der Waals surface area (Å²) in [4.78, 5) is 28.8. The largest absolute Gasteiger partial charge is 0.338 e. The summed E-state index contributed by atoms with van der Waals surface area (Å²) < 4.78 is 14.3. The lowest BCUT2D eigenvalue weighted by Crippen LogP contribution is -2.36. The predicted molar refractivity (Wildman–Crippen MR) is 106 cm³/mol. The number of hydrogen-bond donors (Lipinski definition) is 0. The Morgan fingerprint density at radius 3 is 2.46 bits per heavy atom. The number of aryl methyl sites for hydroxylation is 1. The van der Waals surface area contributed by atoms with E-state index in [1.54, 1.807) is 24.8 Å².